The van der Waals surface area contributed by atoms with E-state index in [0.29, 0.717) is 11.7 Å². The highest BCUT2D eigenvalue weighted by Crippen LogP contribution is 2.28. The molecule has 0 radical (unpaired) electrons. The van der Waals surface area contributed by atoms with E-state index in [2.05, 4.69) is 16.7 Å². The molecule has 3 rings (SSSR count). The van der Waals surface area contributed by atoms with E-state index in [1.807, 2.05) is 0 Å². The number of carbonyl (C=O) groups excluding carboxylic acids is 1. The van der Waals surface area contributed by atoms with Crippen LogP contribution in [0.4, 0.5) is 0 Å². The molecule has 18 heavy (non-hydrogen) atoms. The summed E-state index contributed by atoms with van der Waals surface area (Å²) in [7, 11) is 0. The molecule has 0 aromatic rings. The van der Waals surface area contributed by atoms with Crippen LogP contribution in [0.2, 0.25) is 0 Å². The topological polar surface area (TPSA) is 23.6 Å². The van der Waals surface area contributed by atoms with Crippen LogP contribution in [0.25, 0.3) is 0 Å². The van der Waals surface area contributed by atoms with E-state index in [1.54, 1.807) is 0 Å². The fourth-order valence-corrected chi connectivity index (χ4v) is 4.04. The van der Waals surface area contributed by atoms with Crippen LogP contribution >= 0.6 is 0 Å². The van der Waals surface area contributed by atoms with Crippen molar-refractivity contribution in [1.29, 1.82) is 0 Å². The molecule has 2 saturated heterocycles. The minimum absolute atomic E-state index is 0.335. The quantitative estimate of drug-likeness (QED) is 0.746. The summed E-state index contributed by atoms with van der Waals surface area (Å²) in [6.45, 7) is 8.24. The van der Waals surface area contributed by atoms with Gasteiger partial charge in [0.05, 0.1) is 0 Å². The number of hydrogen-bond acceptors (Lipinski definition) is 3. The van der Waals surface area contributed by atoms with Gasteiger partial charge in [-0.05, 0) is 38.1 Å². The first-order valence-electron chi connectivity index (χ1n) is 7.71. The Bertz CT molecular complexity index is 318. The Morgan fingerprint density at radius 3 is 3.00 bits per heavy atom. The van der Waals surface area contributed by atoms with Crippen molar-refractivity contribution in [1.82, 2.24) is 9.80 Å². The van der Waals surface area contributed by atoms with Gasteiger partial charge in [0, 0.05) is 44.6 Å². The lowest BCUT2D eigenvalue weighted by Gasteiger charge is -2.39. The van der Waals surface area contributed by atoms with Crippen molar-refractivity contribution in [3.63, 3.8) is 0 Å². The summed E-state index contributed by atoms with van der Waals surface area (Å²) in [5.74, 6) is 1.61. The lowest BCUT2D eigenvalue weighted by molar-refractivity contribution is -0.126. The molecule has 3 heteroatoms. The largest absolute Gasteiger partial charge is 0.300 e. The van der Waals surface area contributed by atoms with E-state index in [9.17, 15) is 4.79 Å². The van der Waals surface area contributed by atoms with Crippen molar-refractivity contribution >= 4 is 5.78 Å². The second-order valence-electron chi connectivity index (χ2n) is 6.63. The molecule has 0 spiro atoms. The van der Waals surface area contributed by atoms with Crippen molar-refractivity contribution in [2.45, 2.75) is 45.1 Å². The highest BCUT2D eigenvalue weighted by Gasteiger charge is 2.33. The summed E-state index contributed by atoms with van der Waals surface area (Å²) < 4.78 is 0. The van der Waals surface area contributed by atoms with E-state index in [-0.39, 0.29) is 0 Å². The van der Waals surface area contributed by atoms with Crippen LogP contribution in [-0.4, -0.2) is 54.3 Å². The minimum Gasteiger partial charge on any atom is -0.300 e. The molecule has 2 aliphatic heterocycles. The predicted molar refractivity (Wildman–Crippen MR) is 72.5 cm³/mol. The molecule has 2 heterocycles. The first kappa shape index (κ1) is 12.6. The van der Waals surface area contributed by atoms with Gasteiger partial charge in [0.2, 0.25) is 0 Å². The van der Waals surface area contributed by atoms with E-state index in [1.165, 1.54) is 39.0 Å². The SMILES string of the molecule is CC1CCC(=O)C(CN2CCN3CCCC3C2)C1. The fourth-order valence-electron chi connectivity index (χ4n) is 4.04. The van der Waals surface area contributed by atoms with E-state index < -0.39 is 0 Å². The number of fused-ring (bicyclic) bond motifs is 1. The zero-order valence-electron chi connectivity index (χ0n) is 11.6. The van der Waals surface area contributed by atoms with Gasteiger partial charge in [-0.15, -0.1) is 0 Å². The van der Waals surface area contributed by atoms with Gasteiger partial charge >= 0.3 is 0 Å². The molecule has 3 atom stereocenters. The number of carbonyl (C=O) groups is 1. The molecule has 3 unspecified atom stereocenters. The number of hydrogen-bond donors (Lipinski definition) is 0. The maximum absolute atomic E-state index is 12.0. The van der Waals surface area contributed by atoms with Gasteiger partial charge < -0.3 is 0 Å². The maximum Gasteiger partial charge on any atom is 0.137 e. The van der Waals surface area contributed by atoms with Crippen LogP contribution in [0.3, 0.4) is 0 Å². The average molecular weight is 250 g/mol. The van der Waals surface area contributed by atoms with Crippen LogP contribution < -0.4 is 0 Å². The Morgan fingerprint density at radius 2 is 2.11 bits per heavy atom. The molecule has 3 aliphatic rings. The smallest absolute Gasteiger partial charge is 0.137 e. The van der Waals surface area contributed by atoms with Crippen molar-refractivity contribution in [2.75, 3.05) is 32.7 Å². The molecule has 0 aromatic heterocycles. The summed E-state index contributed by atoms with van der Waals surface area (Å²) in [6.07, 6.45) is 5.81. The van der Waals surface area contributed by atoms with E-state index in [4.69, 9.17) is 0 Å². The van der Waals surface area contributed by atoms with E-state index >= 15 is 0 Å². The van der Waals surface area contributed by atoms with Crippen LogP contribution in [0.1, 0.15) is 39.0 Å². The number of ketones is 1. The second kappa shape index (κ2) is 5.30. The molecular weight excluding hydrogens is 224 g/mol. The maximum atomic E-state index is 12.0. The van der Waals surface area contributed by atoms with Gasteiger partial charge in [-0.2, -0.15) is 0 Å². The summed E-state index contributed by atoms with van der Waals surface area (Å²) in [4.78, 5) is 17.2. The molecule has 0 amide bonds. The van der Waals surface area contributed by atoms with Crippen molar-refractivity contribution in [2.24, 2.45) is 11.8 Å². The predicted octanol–water partition coefficient (Wildman–Crippen LogP) is 1.77. The molecule has 102 valence electrons. The lowest BCUT2D eigenvalue weighted by atomic mass is 9.81. The molecule has 1 saturated carbocycles. The summed E-state index contributed by atoms with van der Waals surface area (Å²) >= 11 is 0. The van der Waals surface area contributed by atoms with Gasteiger partial charge in [0.15, 0.2) is 0 Å². The molecular formula is C15H26N2O. The lowest BCUT2D eigenvalue weighted by Crippen LogP contribution is -2.52. The second-order valence-corrected chi connectivity index (χ2v) is 6.63. The molecule has 0 aromatic carbocycles. The molecule has 0 bridgehead atoms. The van der Waals surface area contributed by atoms with Gasteiger partial charge in [-0.25, -0.2) is 0 Å². The Balaban J connectivity index is 1.54. The van der Waals surface area contributed by atoms with Gasteiger partial charge in [0.25, 0.3) is 0 Å². The van der Waals surface area contributed by atoms with Gasteiger partial charge in [0.1, 0.15) is 5.78 Å². The third-order valence-electron chi connectivity index (χ3n) is 5.18. The first-order valence-corrected chi connectivity index (χ1v) is 7.71. The highest BCUT2D eigenvalue weighted by atomic mass is 16.1. The normalized spacial score (nSPS) is 38.9. The standard InChI is InChI=1S/C15H26N2O/c1-12-4-5-15(18)13(9-12)10-16-7-8-17-6-2-3-14(17)11-16/h12-14H,2-11H2,1H3. The Morgan fingerprint density at radius 1 is 1.22 bits per heavy atom. The Kier molecular flexibility index (Phi) is 3.71. The third-order valence-corrected chi connectivity index (χ3v) is 5.18. The third kappa shape index (κ3) is 2.62. The van der Waals surface area contributed by atoms with Crippen LogP contribution in [0.15, 0.2) is 0 Å². The fraction of sp³-hybridized carbons (Fsp3) is 0.933. The van der Waals surface area contributed by atoms with Crippen molar-refractivity contribution in [3.05, 3.63) is 0 Å². The number of Topliss-reactive ketones (excluding diaryl/α,β-unsaturated/α-hetero) is 1. The average Bonchev–Trinajstić information content (AvgIpc) is 2.81. The monoisotopic (exact) mass is 250 g/mol. The van der Waals surface area contributed by atoms with Gasteiger partial charge in [-0.3, -0.25) is 14.6 Å². The zero-order chi connectivity index (χ0) is 12.5. The Labute approximate surface area is 111 Å². The summed E-state index contributed by atoms with van der Waals surface area (Å²) in [5.41, 5.74) is 0. The Hall–Kier alpha value is -0.410. The van der Waals surface area contributed by atoms with Crippen LogP contribution in [-0.2, 0) is 4.79 Å². The van der Waals surface area contributed by atoms with E-state index in [0.717, 1.165) is 37.8 Å². The summed E-state index contributed by atoms with van der Waals surface area (Å²) in [6, 6.07) is 0.787. The number of nitrogens with zero attached hydrogens (tertiary/aromatic N) is 2. The molecule has 1 aliphatic carbocycles. The zero-order valence-corrected chi connectivity index (χ0v) is 11.6. The van der Waals surface area contributed by atoms with Crippen LogP contribution in [0, 0.1) is 11.8 Å². The highest BCUT2D eigenvalue weighted by molar-refractivity contribution is 5.81. The van der Waals surface area contributed by atoms with Crippen molar-refractivity contribution in [3.8, 4) is 0 Å². The van der Waals surface area contributed by atoms with Crippen LogP contribution in [0.5, 0.6) is 0 Å². The number of piperazine rings is 1. The molecule has 0 N–H and O–H groups in total. The van der Waals surface area contributed by atoms with Gasteiger partial charge in [-0.1, -0.05) is 6.92 Å². The number of rotatable bonds is 2. The molecule has 3 nitrogen and oxygen atoms in total. The molecule has 3 fully saturated rings. The summed E-state index contributed by atoms with van der Waals surface area (Å²) in [5, 5.41) is 0. The minimum atomic E-state index is 0.335. The van der Waals surface area contributed by atoms with Crippen molar-refractivity contribution < 1.29 is 4.79 Å². The first-order chi connectivity index (χ1) is 8.72.